The van der Waals surface area contributed by atoms with E-state index in [4.69, 9.17) is 5.14 Å². The highest BCUT2D eigenvalue weighted by molar-refractivity contribution is 7.89. The fraction of sp³-hybridized carbons (Fsp3) is 0.273. The molecule has 0 aliphatic carbocycles. The Bertz CT molecular complexity index is 674. The number of amides is 2. The number of carbonyl (C=O) groups is 2. The Morgan fingerprint density at radius 2 is 2.10 bits per heavy atom. The van der Waals surface area contributed by atoms with Gasteiger partial charge in [0.2, 0.25) is 21.8 Å². The summed E-state index contributed by atoms with van der Waals surface area (Å²) in [6.45, 7) is 0. The van der Waals surface area contributed by atoms with Gasteiger partial charge in [-0.15, -0.1) is 0 Å². The molecule has 0 radical (unpaired) electrons. The van der Waals surface area contributed by atoms with Crippen LogP contribution in [0.4, 0.5) is 10.1 Å². The molecule has 1 atom stereocenters. The standard InChI is InChI=1S/C11H12FN3O4S/c12-6-3-7(5-8(4-6)20(13,18)19)14-11(17)9-1-2-10(16)15-9/h3-5,9H,1-2H2,(H,14,17)(H,15,16)(H2,13,18,19)/t9-/m1/s1. The highest BCUT2D eigenvalue weighted by Crippen LogP contribution is 2.18. The molecule has 1 saturated heterocycles. The number of nitrogens with one attached hydrogen (secondary N) is 2. The van der Waals surface area contributed by atoms with Crippen molar-refractivity contribution in [2.45, 2.75) is 23.8 Å². The number of benzene rings is 1. The van der Waals surface area contributed by atoms with Crippen molar-refractivity contribution < 1.29 is 22.4 Å². The van der Waals surface area contributed by atoms with Crippen LogP contribution in [0.2, 0.25) is 0 Å². The Balaban J connectivity index is 2.19. The lowest BCUT2D eigenvalue weighted by Crippen LogP contribution is -2.37. The van der Waals surface area contributed by atoms with Crippen molar-refractivity contribution in [3.05, 3.63) is 24.0 Å². The molecule has 2 amide bonds. The zero-order chi connectivity index (χ0) is 14.9. The molecule has 0 bridgehead atoms. The minimum absolute atomic E-state index is 0.0415. The average Bonchev–Trinajstić information content (AvgIpc) is 2.74. The van der Waals surface area contributed by atoms with E-state index in [1.165, 1.54) is 0 Å². The Kier molecular flexibility index (Phi) is 3.73. The largest absolute Gasteiger partial charge is 0.344 e. The maximum Gasteiger partial charge on any atom is 0.246 e. The van der Waals surface area contributed by atoms with Crippen molar-refractivity contribution in [1.82, 2.24) is 5.32 Å². The Morgan fingerprint density at radius 1 is 1.40 bits per heavy atom. The van der Waals surface area contributed by atoms with Gasteiger partial charge in [-0.25, -0.2) is 17.9 Å². The molecule has 7 nitrogen and oxygen atoms in total. The molecule has 20 heavy (non-hydrogen) atoms. The quantitative estimate of drug-likeness (QED) is 0.709. The Hall–Kier alpha value is -2.00. The second kappa shape index (κ2) is 5.17. The van der Waals surface area contributed by atoms with E-state index in [2.05, 4.69) is 10.6 Å². The first-order valence-electron chi connectivity index (χ1n) is 5.69. The smallest absolute Gasteiger partial charge is 0.246 e. The zero-order valence-electron chi connectivity index (χ0n) is 10.2. The maximum absolute atomic E-state index is 13.3. The first-order valence-corrected chi connectivity index (χ1v) is 7.24. The average molecular weight is 301 g/mol. The van der Waals surface area contributed by atoms with Crippen molar-refractivity contribution >= 4 is 27.5 Å². The normalized spacial score (nSPS) is 18.7. The van der Waals surface area contributed by atoms with Gasteiger partial charge in [-0.3, -0.25) is 9.59 Å². The molecule has 4 N–H and O–H groups in total. The number of primary sulfonamides is 1. The summed E-state index contributed by atoms with van der Waals surface area (Å²) in [5, 5.41) is 9.69. The van der Waals surface area contributed by atoms with Crippen LogP contribution >= 0.6 is 0 Å². The molecule has 0 saturated carbocycles. The van der Waals surface area contributed by atoms with E-state index < -0.39 is 32.7 Å². The number of nitrogens with two attached hydrogens (primary N) is 1. The van der Waals surface area contributed by atoms with E-state index >= 15 is 0 Å². The van der Waals surface area contributed by atoms with E-state index in [1.54, 1.807) is 0 Å². The van der Waals surface area contributed by atoms with Gasteiger partial charge in [0.05, 0.1) is 4.90 Å². The van der Waals surface area contributed by atoms with Gasteiger partial charge in [-0.2, -0.15) is 0 Å². The fourth-order valence-corrected chi connectivity index (χ4v) is 2.41. The van der Waals surface area contributed by atoms with Gasteiger partial charge in [0, 0.05) is 12.1 Å². The Morgan fingerprint density at radius 3 is 2.65 bits per heavy atom. The van der Waals surface area contributed by atoms with Gasteiger partial charge in [0.25, 0.3) is 0 Å². The molecule has 1 aliphatic heterocycles. The molecule has 1 aromatic carbocycles. The molecule has 0 spiro atoms. The van der Waals surface area contributed by atoms with Gasteiger partial charge in [-0.1, -0.05) is 0 Å². The molecule has 1 fully saturated rings. The van der Waals surface area contributed by atoms with Crippen molar-refractivity contribution in [1.29, 1.82) is 0 Å². The number of halogens is 1. The van der Waals surface area contributed by atoms with Crippen LogP contribution in [0.3, 0.4) is 0 Å². The fourth-order valence-electron chi connectivity index (χ4n) is 1.84. The van der Waals surface area contributed by atoms with Gasteiger partial charge in [-0.05, 0) is 24.6 Å². The molecule has 108 valence electrons. The number of hydrogen-bond acceptors (Lipinski definition) is 4. The number of sulfonamides is 1. The van der Waals surface area contributed by atoms with Crippen molar-refractivity contribution in [2.75, 3.05) is 5.32 Å². The molecule has 0 aromatic heterocycles. The zero-order valence-corrected chi connectivity index (χ0v) is 11.0. The summed E-state index contributed by atoms with van der Waals surface area (Å²) in [5.41, 5.74) is -0.0415. The number of carbonyl (C=O) groups excluding carboxylic acids is 2. The van der Waals surface area contributed by atoms with Crippen LogP contribution in [0.1, 0.15) is 12.8 Å². The number of anilines is 1. The van der Waals surface area contributed by atoms with Gasteiger partial charge < -0.3 is 10.6 Å². The van der Waals surface area contributed by atoms with E-state index in [9.17, 15) is 22.4 Å². The predicted octanol–water partition coefficient (Wildman–Crippen LogP) is -0.310. The van der Waals surface area contributed by atoms with E-state index in [0.717, 1.165) is 18.2 Å². The van der Waals surface area contributed by atoms with Gasteiger partial charge in [0.1, 0.15) is 11.9 Å². The second-order valence-electron chi connectivity index (χ2n) is 4.37. The van der Waals surface area contributed by atoms with Crippen molar-refractivity contribution in [2.24, 2.45) is 5.14 Å². The summed E-state index contributed by atoms with van der Waals surface area (Å²) >= 11 is 0. The van der Waals surface area contributed by atoms with Gasteiger partial charge >= 0.3 is 0 Å². The summed E-state index contributed by atoms with van der Waals surface area (Å²) in [6.07, 6.45) is 0.575. The summed E-state index contributed by atoms with van der Waals surface area (Å²) in [6, 6.07) is 2.06. The molecular formula is C11H12FN3O4S. The first kappa shape index (κ1) is 14.4. The molecule has 1 aromatic rings. The number of rotatable bonds is 3. The molecule has 9 heteroatoms. The van der Waals surface area contributed by atoms with Crippen LogP contribution in [0.5, 0.6) is 0 Å². The third kappa shape index (κ3) is 3.31. The molecular weight excluding hydrogens is 289 g/mol. The van der Waals surface area contributed by atoms with Crippen LogP contribution in [0.15, 0.2) is 23.1 Å². The van der Waals surface area contributed by atoms with Crippen molar-refractivity contribution in [3.63, 3.8) is 0 Å². The monoisotopic (exact) mass is 301 g/mol. The van der Waals surface area contributed by atoms with Crippen LogP contribution in [0, 0.1) is 5.82 Å². The van der Waals surface area contributed by atoms with Gasteiger partial charge in [0.15, 0.2) is 0 Å². The van der Waals surface area contributed by atoms with Crippen molar-refractivity contribution in [3.8, 4) is 0 Å². The summed E-state index contributed by atoms with van der Waals surface area (Å²) in [5.74, 6) is -1.63. The van der Waals surface area contributed by atoms with E-state index in [0.29, 0.717) is 6.42 Å². The lowest BCUT2D eigenvalue weighted by Gasteiger charge is -2.11. The summed E-state index contributed by atoms with van der Waals surface area (Å²) in [4.78, 5) is 22.4. The van der Waals surface area contributed by atoms with E-state index in [-0.39, 0.29) is 18.0 Å². The lowest BCUT2D eigenvalue weighted by atomic mass is 10.2. The molecule has 0 unspecified atom stereocenters. The van der Waals surface area contributed by atoms with Crippen LogP contribution < -0.4 is 15.8 Å². The first-order chi connectivity index (χ1) is 9.25. The lowest BCUT2D eigenvalue weighted by molar-refractivity contribution is -0.122. The van der Waals surface area contributed by atoms with Crippen LogP contribution in [-0.2, 0) is 19.6 Å². The highest BCUT2D eigenvalue weighted by Gasteiger charge is 2.27. The SMILES string of the molecule is NS(=O)(=O)c1cc(F)cc(NC(=O)[C@H]2CCC(=O)N2)c1. The van der Waals surface area contributed by atoms with E-state index in [1.807, 2.05) is 0 Å². The third-order valence-corrected chi connectivity index (χ3v) is 3.67. The second-order valence-corrected chi connectivity index (χ2v) is 5.93. The highest BCUT2D eigenvalue weighted by atomic mass is 32.2. The maximum atomic E-state index is 13.3. The third-order valence-electron chi connectivity index (χ3n) is 2.78. The van der Waals surface area contributed by atoms with Crippen LogP contribution in [-0.4, -0.2) is 26.3 Å². The predicted molar refractivity (Wildman–Crippen MR) is 67.6 cm³/mol. The molecule has 1 heterocycles. The molecule has 1 aliphatic rings. The Labute approximate surface area is 114 Å². The van der Waals surface area contributed by atoms with Crippen LogP contribution in [0.25, 0.3) is 0 Å². The minimum atomic E-state index is -4.07. The minimum Gasteiger partial charge on any atom is -0.344 e. The summed E-state index contributed by atoms with van der Waals surface area (Å²) < 4.78 is 35.6. The molecule has 2 rings (SSSR count). The number of hydrogen-bond donors (Lipinski definition) is 3. The summed E-state index contributed by atoms with van der Waals surface area (Å²) in [7, 11) is -4.07. The topological polar surface area (TPSA) is 118 Å².